The third kappa shape index (κ3) is 3.96. The molecule has 0 aliphatic carbocycles. The van der Waals surface area contributed by atoms with Crippen molar-refractivity contribution in [1.29, 1.82) is 0 Å². The lowest BCUT2D eigenvalue weighted by Crippen LogP contribution is -2.21. The normalized spacial score (nSPS) is 12.0. The number of hydrogen-bond acceptors (Lipinski definition) is 3. The van der Waals surface area contributed by atoms with E-state index >= 15 is 0 Å². The first kappa shape index (κ1) is 16.3. The van der Waals surface area contributed by atoms with Crippen LogP contribution in [0, 0.1) is 5.82 Å². The van der Waals surface area contributed by atoms with Gasteiger partial charge in [0.1, 0.15) is 18.2 Å². The van der Waals surface area contributed by atoms with E-state index in [0.717, 1.165) is 0 Å². The number of rotatable bonds is 6. The van der Waals surface area contributed by atoms with Gasteiger partial charge in [0.2, 0.25) is 5.91 Å². The van der Waals surface area contributed by atoms with Crippen LogP contribution in [0.1, 0.15) is 23.6 Å². The number of halogens is 2. The van der Waals surface area contributed by atoms with Crippen LogP contribution in [-0.4, -0.2) is 5.91 Å². The number of ether oxygens (including phenoxy) is 1. The van der Waals surface area contributed by atoms with E-state index < -0.39 is 17.8 Å². The van der Waals surface area contributed by atoms with Crippen LogP contribution in [0.25, 0.3) is 0 Å². The quantitative estimate of drug-likeness (QED) is 0.858. The van der Waals surface area contributed by atoms with E-state index in [1.54, 1.807) is 30.3 Å². The van der Waals surface area contributed by atoms with Crippen LogP contribution in [0.2, 0.25) is 5.02 Å². The Bertz CT molecular complexity index is 659. The fourth-order valence-electron chi connectivity index (χ4n) is 2.07. The van der Waals surface area contributed by atoms with Gasteiger partial charge < -0.3 is 16.2 Å². The van der Waals surface area contributed by atoms with Gasteiger partial charge in [0.25, 0.3) is 0 Å². The maximum atomic E-state index is 13.7. The lowest BCUT2D eigenvalue weighted by atomic mass is 10.0. The molecule has 116 valence electrons. The smallest absolute Gasteiger partial charge is 0.219 e. The lowest BCUT2D eigenvalue weighted by Gasteiger charge is -2.16. The van der Waals surface area contributed by atoms with E-state index in [9.17, 15) is 9.18 Å². The number of primary amides is 1. The number of amides is 1. The third-order valence-electron chi connectivity index (χ3n) is 3.17. The molecule has 6 heteroatoms. The number of benzene rings is 2. The highest BCUT2D eigenvalue weighted by molar-refractivity contribution is 6.31. The maximum Gasteiger partial charge on any atom is 0.219 e. The van der Waals surface area contributed by atoms with Gasteiger partial charge in [0.05, 0.1) is 5.02 Å². The zero-order valence-corrected chi connectivity index (χ0v) is 12.5. The number of nitrogens with two attached hydrogens (primary N) is 2. The van der Waals surface area contributed by atoms with Crippen LogP contribution in [0.4, 0.5) is 4.39 Å². The van der Waals surface area contributed by atoms with Crippen molar-refractivity contribution in [3.8, 4) is 5.75 Å². The number of hydrogen-bond donors (Lipinski definition) is 2. The van der Waals surface area contributed by atoms with Crippen molar-refractivity contribution in [2.75, 3.05) is 0 Å². The van der Waals surface area contributed by atoms with Gasteiger partial charge in [0.15, 0.2) is 0 Å². The molecular formula is C16H16ClFN2O2. The summed E-state index contributed by atoms with van der Waals surface area (Å²) < 4.78 is 19.4. The SMILES string of the molecule is NC(=O)CC(N)c1ccccc1OCc1c(F)cccc1Cl. The minimum atomic E-state index is -0.579. The Labute approximate surface area is 132 Å². The van der Waals surface area contributed by atoms with E-state index in [2.05, 4.69) is 0 Å². The van der Waals surface area contributed by atoms with Gasteiger partial charge in [-0.05, 0) is 18.2 Å². The zero-order chi connectivity index (χ0) is 16.1. The van der Waals surface area contributed by atoms with E-state index in [1.807, 2.05) is 0 Å². The molecule has 22 heavy (non-hydrogen) atoms. The van der Waals surface area contributed by atoms with Gasteiger partial charge in [-0.15, -0.1) is 0 Å². The largest absolute Gasteiger partial charge is 0.488 e. The van der Waals surface area contributed by atoms with Crippen LogP contribution < -0.4 is 16.2 Å². The topological polar surface area (TPSA) is 78.3 Å². The minimum absolute atomic E-state index is 0.000821. The van der Waals surface area contributed by atoms with Crippen molar-refractivity contribution < 1.29 is 13.9 Å². The summed E-state index contributed by atoms with van der Waals surface area (Å²) in [5.41, 5.74) is 12.0. The molecule has 0 bridgehead atoms. The van der Waals surface area contributed by atoms with Crippen molar-refractivity contribution in [3.63, 3.8) is 0 Å². The first-order chi connectivity index (χ1) is 10.5. The maximum absolute atomic E-state index is 13.7. The Morgan fingerprint density at radius 2 is 1.95 bits per heavy atom. The second-order valence-corrected chi connectivity index (χ2v) is 5.21. The van der Waals surface area contributed by atoms with Crippen molar-refractivity contribution in [1.82, 2.24) is 0 Å². The molecule has 0 saturated heterocycles. The Hall–Kier alpha value is -2.11. The average Bonchev–Trinajstić information content (AvgIpc) is 2.46. The molecule has 2 rings (SSSR count). The van der Waals surface area contributed by atoms with Crippen LogP contribution in [0.3, 0.4) is 0 Å². The molecule has 1 amide bonds. The van der Waals surface area contributed by atoms with Crippen LogP contribution in [0.15, 0.2) is 42.5 Å². The molecule has 2 aromatic rings. The molecule has 0 radical (unpaired) electrons. The van der Waals surface area contributed by atoms with Gasteiger partial charge >= 0.3 is 0 Å². The molecule has 1 atom stereocenters. The Kier molecular flexibility index (Phi) is 5.35. The summed E-state index contributed by atoms with van der Waals surface area (Å²) in [6, 6.07) is 10.8. The second-order valence-electron chi connectivity index (χ2n) is 4.80. The summed E-state index contributed by atoms with van der Waals surface area (Å²) >= 11 is 5.96. The summed E-state index contributed by atoms with van der Waals surface area (Å²) in [6.07, 6.45) is 0.000821. The third-order valence-corrected chi connectivity index (χ3v) is 3.53. The molecule has 0 spiro atoms. The van der Waals surface area contributed by atoms with Crippen molar-refractivity contribution in [2.45, 2.75) is 19.1 Å². The minimum Gasteiger partial charge on any atom is -0.488 e. The Balaban J connectivity index is 2.18. The monoisotopic (exact) mass is 322 g/mol. The highest BCUT2D eigenvalue weighted by Crippen LogP contribution is 2.27. The van der Waals surface area contributed by atoms with Crippen molar-refractivity contribution in [3.05, 3.63) is 64.4 Å². The van der Waals surface area contributed by atoms with Gasteiger partial charge in [0, 0.05) is 23.6 Å². The van der Waals surface area contributed by atoms with Crippen LogP contribution >= 0.6 is 11.6 Å². The molecule has 0 saturated carbocycles. The van der Waals surface area contributed by atoms with Crippen LogP contribution in [-0.2, 0) is 11.4 Å². The highest BCUT2D eigenvalue weighted by atomic mass is 35.5. The summed E-state index contributed by atoms with van der Waals surface area (Å²) in [4.78, 5) is 11.0. The van der Waals surface area contributed by atoms with Gasteiger partial charge in [-0.3, -0.25) is 4.79 Å². The summed E-state index contributed by atoms with van der Waals surface area (Å²) in [5.74, 6) is -0.471. The highest BCUT2D eigenvalue weighted by Gasteiger charge is 2.15. The number of para-hydroxylation sites is 1. The summed E-state index contributed by atoms with van der Waals surface area (Å²) in [7, 11) is 0. The molecule has 2 aromatic carbocycles. The van der Waals surface area contributed by atoms with E-state index in [1.165, 1.54) is 12.1 Å². The Morgan fingerprint density at radius 3 is 2.64 bits per heavy atom. The molecular weight excluding hydrogens is 307 g/mol. The zero-order valence-electron chi connectivity index (χ0n) is 11.8. The van der Waals surface area contributed by atoms with Crippen molar-refractivity contribution in [2.24, 2.45) is 11.5 Å². The first-order valence-electron chi connectivity index (χ1n) is 6.67. The molecule has 0 aromatic heterocycles. The van der Waals surface area contributed by atoms with E-state index in [4.69, 9.17) is 27.8 Å². The Morgan fingerprint density at radius 1 is 1.23 bits per heavy atom. The standard InChI is InChI=1S/C16H16ClFN2O2/c17-12-5-3-6-13(18)11(12)9-22-15-7-2-1-4-10(15)14(19)8-16(20)21/h1-7,14H,8-9,19H2,(H2,20,21). The fourth-order valence-corrected chi connectivity index (χ4v) is 2.28. The summed E-state index contributed by atoms with van der Waals surface area (Å²) in [6.45, 7) is -0.0359. The predicted octanol–water partition coefficient (Wildman–Crippen LogP) is 2.93. The molecule has 0 fully saturated rings. The number of carbonyl (C=O) groups is 1. The lowest BCUT2D eigenvalue weighted by molar-refractivity contribution is -0.118. The molecule has 1 unspecified atom stereocenters. The predicted molar refractivity (Wildman–Crippen MR) is 82.9 cm³/mol. The van der Waals surface area contributed by atoms with Gasteiger partial charge in [-0.1, -0.05) is 35.9 Å². The fraction of sp³-hybridized carbons (Fsp3) is 0.188. The van der Waals surface area contributed by atoms with Gasteiger partial charge in [-0.25, -0.2) is 4.39 Å². The molecule has 4 N–H and O–H groups in total. The molecule has 0 heterocycles. The van der Waals surface area contributed by atoms with Gasteiger partial charge in [-0.2, -0.15) is 0 Å². The van der Waals surface area contributed by atoms with E-state index in [-0.39, 0.29) is 18.6 Å². The van der Waals surface area contributed by atoms with Crippen molar-refractivity contribution >= 4 is 17.5 Å². The molecule has 0 aliphatic rings. The first-order valence-corrected chi connectivity index (χ1v) is 7.05. The van der Waals surface area contributed by atoms with Crippen LogP contribution in [0.5, 0.6) is 5.75 Å². The molecule has 4 nitrogen and oxygen atoms in total. The summed E-state index contributed by atoms with van der Waals surface area (Å²) in [5, 5.41) is 0.291. The van der Waals surface area contributed by atoms with E-state index in [0.29, 0.717) is 16.3 Å². The second kappa shape index (κ2) is 7.24. The number of carbonyl (C=O) groups excluding carboxylic acids is 1. The average molecular weight is 323 g/mol. The molecule has 0 aliphatic heterocycles.